The lowest BCUT2D eigenvalue weighted by atomic mass is 9.90. The summed E-state index contributed by atoms with van der Waals surface area (Å²) in [5.41, 5.74) is 1.73. The van der Waals surface area contributed by atoms with Crippen molar-refractivity contribution in [3.05, 3.63) is 50.8 Å². The minimum absolute atomic E-state index is 0.0883. The van der Waals surface area contributed by atoms with E-state index in [1.807, 2.05) is 19.0 Å². The predicted molar refractivity (Wildman–Crippen MR) is 80.8 cm³/mol. The highest BCUT2D eigenvalue weighted by molar-refractivity contribution is 6.42. The van der Waals surface area contributed by atoms with Gasteiger partial charge < -0.3 is 4.90 Å². The average Bonchev–Trinajstić information content (AvgIpc) is 2.34. The summed E-state index contributed by atoms with van der Waals surface area (Å²) in [6.07, 6.45) is 2.19. The third-order valence-corrected chi connectivity index (χ3v) is 4.25. The van der Waals surface area contributed by atoms with Crippen LogP contribution in [-0.2, 0) is 0 Å². The number of hydrogen-bond acceptors (Lipinski definition) is 1. The fourth-order valence-corrected chi connectivity index (χ4v) is 2.89. The van der Waals surface area contributed by atoms with Gasteiger partial charge in [0.1, 0.15) is 5.82 Å². The molecule has 0 radical (unpaired) electrons. The molecule has 0 N–H and O–H groups in total. The normalized spacial score (nSPS) is 19.5. The molecule has 1 aliphatic rings. The van der Waals surface area contributed by atoms with Gasteiger partial charge in [0.2, 0.25) is 0 Å². The van der Waals surface area contributed by atoms with Crippen LogP contribution in [0, 0.1) is 5.82 Å². The van der Waals surface area contributed by atoms with Crippen LogP contribution >= 0.6 is 34.8 Å². The monoisotopic (exact) mass is 319 g/mol. The summed E-state index contributed by atoms with van der Waals surface area (Å²) in [5.74, 6) is -0.363. The van der Waals surface area contributed by atoms with Crippen molar-refractivity contribution < 1.29 is 4.39 Å². The molecule has 0 saturated heterocycles. The van der Waals surface area contributed by atoms with E-state index in [0.717, 1.165) is 11.3 Å². The van der Waals surface area contributed by atoms with Gasteiger partial charge in [-0.05, 0) is 30.2 Å². The molecule has 19 heavy (non-hydrogen) atoms. The largest absolute Gasteiger partial charge is 0.377 e. The maximum Gasteiger partial charge on any atom is 0.125 e. The summed E-state index contributed by atoms with van der Waals surface area (Å²) < 4.78 is 13.4. The Morgan fingerprint density at radius 2 is 1.89 bits per heavy atom. The molecular weight excluding hydrogens is 308 g/mol. The Labute approximate surface area is 127 Å². The van der Waals surface area contributed by atoms with Gasteiger partial charge in [-0.3, -0.25) is 0 Å². The summed E-state index contributed by atoms with van der Waals surface area (Å²) in [4.78, 5) is 1.86. The smallest absolute Gasteiger partial charge is 0.125 e. The zero-order chi connectivity index (χ0) is 14.2. The summed E-state index contributed by atoms with van der Waals surface area (Å²) in [7, 11) is 3.73. The van der Waals surface area contributed by atoms with Crippen LogP contribution in [0.25, 0.3) is 0 Å². The van der Waals surface area contributed by atoms with Gasteiger partial charge in [-0.1, -0.05) is 40.9 Å². The second-order valence-electron chi connectivity index (χ2n) is 4.64. The molecular formula is C14H13Cl3FN. The van der Waals surface area contributed by atoms with E-state index in [1.54, 1.807) is 12.1 Å². The van der Waals surface area contributed by atoms with Crippen LogP contribution in [0.5, 0.6) is 0 Å². The highest BCUT2D eigenvalue weighted by atomic mass is 35.5. The molecule has 0 saturated carbocycles. The molecule has 1 unspecified atom stereocenters. The lowest BCUT2D eigenvalue weighted by Crippen LogP contribution is -2.15. The highest BCUT2D eigenvalue weighted by Crippen LogP contribution is 2.43. The lowest BCUT2D eigenvalue weighted by molar-refractivity contribution is 0.626. The van der Waals surface area contributed by atoms with Gasteiger partial charge in [0.15, 0.2) is 0 Å². The first-order chi connectivity index (χ1) is 8.90. The first-order valence-corrected chi connectivity index (χ1v) is 6.91. The molecule has 2 rings (SSSR count). The summed E-state index contributed by atoms with van der Waals surface area (Å²) >= 11 is 18.3. The fourth-order valence-electron chi connectivity index (χ4n) is 2.13. The standard InChI is InChI=1S/C14H13Cl3FN/c1-19(2)14-5-8(18)3-4-9(14)10-6-12(16)13(17)7-11(10)15/h3-5,7,10H,6H2,1-2H3. The maximum absolute atomic E-state index is 13.4. The summed E-state index contributed by atoms with van der Waals surface area (Å²) in [6, 6.07) is 4.67. The van der Waals surface area contributed by atoms with Gasteiger partial charge in [-0.2, -0.15) is 0 Å². The predicted octanol–water partition coefficient (Wildman–Crippen LogP) is 5.19. The van der Waals surface area contributed by atoms with Crippen molar-refractivity contribution in [2.75, 3.05) is 19.0 Å². The number of anilines is 1. The van der Waals surface area contributed by atoms with Gasteiger partial charge in [0.25, 0.3) is 0 Å². The van der Waals surface area contributed by atoms with E-state index >= 15 is 0 Å². The van der Waals surface area contributed by atoms with Crippen molar-refractivity contribution in [1.29, 1.82) is 0 Å². The van der Waals surface area contributed by atoms with Crippen LogP contribution in [-0.4, -0.2) is 14.1 Å². The zero-order valence-electron chi connectivity index (χ0n) is 10.6. The van der Waals surface area contributed by atoms with E-state index in [1.165, 1.54) is 12.1 Å². The van der Waals surface area contributed by atoms with E-state index in [4.69, 9.17) is 34.8 Å². The quantitative estimate of drug-likeness (QED) is 0.724. The van der Waals surface area contributed by atoms with E-state index < -0.39 is 0 Å². The number of halogens is 4. The first kappa shape index (κ1) is 14.7. The second-order valence-corrected chi connectivity index (χ2v) is 5.94. The van der Waals surface area contributed by atoms with Gasteiger partial charge >= 0.3 is 0 Å². The highest BCUT2D eigenvalue weighted by Gasteiger charge is 2.25. The van der Waals surface area contributed by atoms with Crippen LogP contribution in [0.2, 0.25) is 0 Å². The number of benzene rings is 1. The van der Waals surface area contributed by atoms with Crippen molar-refractivity contribution in [3.63, 3.8) is 0 Å². The number of hydrogen-bond donors (Lipinski definition) is 0. The molecule has 1 aliphatic carbocycles. The molecule has 0 bridgehead atoms. The molecule has 0 amide bonds. The Bertz CT molecular complexity index is 564. The van der Waals surface area contributed by atoms with Gasteiger partial charge in [-0.15, -0.1) is 0 Å². The number of rotatable bonds is 2. The Morgan fingerprint density at radius 1 is 1.21 bits per heavy atom. The molecule has 1 nitrogen and oxygen atoms in total. The van der Waals surface area contributed by atoms with Gasteiger partial charge in [0.05, 0.1) is 5.03 Å². The number of allylic oxidation sites excluding steroid dienone is 4. The molecule has 5 heteroatoms. The Balaban J connectivity index is 2.47. The minimum atomic E-state index is -0.275. The molecule has 1 aromatic carbocycles. The van der Waals surface area contributed by atoms with Gasteiger partial charge in [0, 0.05) is 35.8 Å². The minimum Gasteiger partial charge on any atom is -0.377 e. The molecule has 0 heterocycles. The van der Waals surface area contributed by atoms with Crippen molar-refractivity contribution in [2.24, 2.45) is 0 Å². The van der Waals surface area contributed by atoms with Gasteiger partial charge in [-0.25, -0.2) is 4.39 Å². The van der Waals surface area contributed by atoms with Crippen LogP contribution in [0.3, 0.4) is 0 Å². The Kier molecular flexibility index (Phi) is 4.44. The fraction of sp³-hybridized carbons (Fsp3) is 0.286. The van der Waals surface area contributed by atoms with E-state index in [9.17, 15) is 4.39 Å². The molecule has 1 atom stereocenters. The van der Waals surface area contributed by atoms with E-state index in [2.05, 4.69) is 0 Å². The number of nitrogens with zero attached hydrogens (tertiary/aromatic N) is 1. The third kappa shape index (κ3) is 3.07. The molecule has 0 fully saturated rings. The molecule has 1 aromatic rings. The van der Waals surface area contributed by atoms with Crippen molar-refractivity contribution in [2.45, 2.75) is 12.3 Å². The van der Waals surface area contributed by atoms with Crippen molar-refractivity contribution in [1.82, 2.24) is 0 Å². The third-order valence-electron chi connectivity index (χ3n) is 3.09. The summed E-state index contributed by atoms with van der Waals surface area (Å²) in [5, 5.41) is 1.66. The molecule has 0 aromatic heterocycles. The second kappa shape index (κ2) is 5.74. The SMILES string of the molecule is CN(C)c1cc(F)ccc1C1CC(Cl)=C(Cl)C=C1Cl. The Hall–Kier alpha value is -0.700. The Morgan fingerprint density at radius 3 is 2.53 bits per heavy atom. The van der Waals surface area contributed by atoms with Crippen LogP contribution < -0.4 is 4.90 Å². The van der Waals surface area contributed by atoms with Crippen molar-refractivity contribution >= 4 is 40.5 Å². The van der Waals surface area contributed by atoms with Crippen LogP contribution in [0.4, 0.5) is 10.1 Å². The van der Waals surface area contributed by atoms with Crippen molar-refractivity contribution in [3.8, 4) is 0 Å². The summed E-state index contributed by atoms with van der Waals surface area (Å²) in [6.45, 7) is 0. The topological polar surface area (TPSA) is 3.24 Å². The lowest BCUT2D eigenvalue weighted by Gasteiger charge is -2.26. The zero-order valence-corrected chi connectivity index (χ0v) is 12.8. The average molecular weight is 321 g/mol. The van der Waals surface area contributed by atoms with Crippen LogP contribution in [0.15, 0.2) is 39.4 Å². The van der Waals surface area contributed by atoms with E-state index in [0.29, 0.717) is 21.5 Å². The molecule has 102 valence electrons. The molecule has 0 aliphatic heterocycles. The van der Waals surface area contributed by atoms with Crippen LogP contribution in [0.1, 0.15) is 17.9 Å². The maximum atomic E-state index is 13.4. The van der Waals surface area contributed by atoms with E-state index in [-0.39, 0.29) is 11.7 Å². The molecule has 0 spiro atoms. The first-order valence-electron chi connectivity index (χ1n) is 5.78.